The Morgan fingerprint density at radius 1 is 1.14 bits per heavy atom. The Hall–Kier alpha value is -3.76. The maximum atomic E-state index is 13.7. The van der Waals surface area contributed by atoms with E-state index in [9.17, 15) is 18.7 Å². The zero-order chi connectivity index (χ0) is 24.4. The minimum Gasteiger partial charge on any atom is -0.377 e. The molecule has 1 amide bonds. The van der Waals surface area contributed by atoms with Crippen LogP contribution < -0.4 is 5.73 Å². The fraction of sp³-hybridized carbons (Fsp3) is 0.286. The predicted octanol–water partition coefficient (Wildman–Crippen LogP) is 4.16. The number of aliphatic hydroxyl groups is 1. The van der Waals surface area contributed by atoms with Crippen molar-refractivity contribution in [2.45, 2.75) is 37.7 Å². The van der Waals surface area contributed by atoms with Gasteiger partial charge in [-0.05, 0) is 92.1 Å². The molecule has 0 spiro atoms. The number of amides is 1. The van der Waals surface area contributed by atoms with Gasteiger partial charge in [-0.25, -0.2) is 13.5 Å². The van der Waals surface area contributed by atoms with Crippen LogP contribution in [-0.4, -0.2) is 26.4 Å². The van der Waals surface area contributed by atoms with Crippen LogP contribution in [0.2, 0.25) is 0 Å². The van der Waals surface area contributed by atoms with Crippen LogP contribution in [0.3, 0.4) is 0 Å². The van der Waals surface area contributed by atoms with Gasteiger partial charge in [0.05, 0.1) is 23.1 Å². The molecular weight excluding hydrogens is 448 g/mol. The Morgan fingerprint density at radius 2 is 1.89 bits per heavy atom. The van der Waals surface area contributed by atoms with Gasteiger partial charge >= 0.3 is 0 Å². The topological polar surface area (TPSA) is 81.1 Å². The molecule has 3 aromatic rings. The SMILES string of the molecule is NC(=O)c1cc(F)ccc1C#C[C@]1(O)CCC2=Cc3c(cnn3-c3ccc(F)cc3)CC21C1CC1. The molecular formula is C28H23F2N3O2. The first-order valence-corrected chi connectivity index (χ1v) is 11.7. The van der Waals surface area contributed by atoms with Crippen LogP contribution in [0, 0.1) is 34.8 Å². The maximum Gasteiger partial charge on any atom is 0.250 e. The van der Waals surface area contributed by atoms with Crippen molar-refractivity contribution in [3.05, 3.63) is 88.3 Å². The zero-order valence-electron chi connectivity index (χ0n) is 18.9. The molecule has 2 atom stereocenters. The van der Waals surface area contributed by atoms with Gasteiger partial charge in [0, 0.05) is 11.0 Å². The first-order chi connectivity index (χ1) is 16.8. The number of carbonyl (C=O) groups excluding carboxylic acids is 1. The van der Waals surface area contributed by atoms with Gasteiger partial charge < -0.3 is 10.8 Å². The van der Waals surface area contributed by atoms with Crippen LogP contribution in [0.4, 0.5) is 8.78 Å². The van der Waals surface area contributed by atoms with Crippen molar-refractivity contribution in [2.24, 2.45) is 17.1 Å². The standard InChI is InChI=1S/C28H23F2N3O2/c29-21-5-7-23(8-6-21)33-25-13-20-10-12-27(35,28(20,19-2-3-19)15-18(25)16-32-33)11-9-17-1-4-22(30)14-24(17)26(31)34/h1,4-8,13-14,16,19,35H,2-3,10,12,15H2,(H2,31,34)/t27-,28?/m0/s1. The molecule has 2 fully saturated rings. The molecule has 1 heterocycles. The number of nitrogens with zero attached hydrogens (tertiary/aromatic N) is 2. The van der Waals surface area contributed by atoms with E-state index >= 15 is 0 Å². The number of aromatic nitrogens is 2. The summed E-state index contributed by atoms with van der Waals surface area (Å²) in [5.41, 5.74) is 7.74. The monoisotopic (exact) mass is 471 g/mol. The highest BCUT2D eigenvalue weighted by atomic mass is 19.1. The fourth-order valence-electron chi connectivity index (χ4n) is 5.92. The number of primary amides is 1. The first-order valence-electron chi connectivity index (χ1n) is 11.7. The van der Waals surface area contributed by atoms with Gasteiger partial charge in [-0.15, -0.1) is 0 Å². The second kappa shape index (κ2) is 7.62. The smallest absolute Gasteiger partial charge is 0.250 e. The number of carbonyl (C=O) groups is 1. The van der Waals surface area contributed by atoms with Crippen LogP contribution in [0.5, 0.6) is 0 Å². The lowest BCUT2D eigenvalue weighted by molar-refractivity contribution is -0.00859. The molecule has 0 bridgehead atoms. The lowest BCUT2D eigenvalue weighted by atomic mass is 9.63. The van der Waals surface area contributed by atoms with Crippen molar-refractivity contribution in [1.82, 2.24) is 9.78 Å². The summed E-state index contributed by atoms with van der Waals surface area (Å²) in [6.07, 6.45) is 7.67. The summed E-state index contributed by atoms with van der Waals surface area (Å²) in [7, 11) is 0. The summed E-state index contributed by atoms with van der Waals surface area (Å²) in [6.45, 7) is 0. The molecule has 0 saturated heterocycles. The number of benzene rings is 2. The molecule has 176 valence electrons. The third-order valence-corrected chi connectivity index (χ3v) is 7.73. The molecule has 2 aromatic carbocycles. The van der Waals surface area contributed by atoms with Gasteiger partial charge in [-0.1, -0.05) is 17.4 Å². The van der Waals surface area contributed by atoms with Gasteiger partial charge in [-0.3, -0.25) is 4.79 Å². The first kappa shape index (κ1) is 21.8. The van der Waals surface area contributed by atoms with Crippen molar-refractivity contribution in [3.63, 3.8) is 0 Å². The van der Waals surface area contributed by atoms with Crippen LogP contribution in [-0.2, 0) is 6.42 Å². The average molecular weight is 472 g/mol. The summed E-state index contributed by atoms with van der Waals surface area (Å²) in [4.78, 5) is 11.8. The van der Waals surface area contributed by atoms with E-state index in [0.29, 0.717) is 30.7 Å². The zero-order valence-corrected chi connectivity index (χ0v) is 18.9. The van der Waals surface area contributed by atoms with Crippen LogP contribution >= 0.6 is 0 Å². The molecule has 1 aromatic heterocycles. The van der Waals surface area contributed by atoms with E-state index in [0.717, 1.165) is 41.4 Å². The minimum absolute atomic E-state index is 0.00170. The highest BCUT2D eigenvalue weighted by molar-refractivity contribution is 5.95. The Labute approximate surface area is 201 Å². The van der Waals surface area contributed by atoms with Gasteiger partial charge in [0.25, 0.3) is 0 Å². The number of rotatable bonds is 3. The van der Waals surface area contributed by atoms with E-state index in [2.05, 4.69) is 23.0 Å². The third kappa shape index (κ3) is 3.32. The lowest BCUT2D eigenvalue weighted by Crippen LogP contribution is -2.48. The lowest BCUT2D eigenvalue weighted by Gasteiger charge is -2.43. The minimum atomic E-state index is -1.31. The summed E-state index contributed by atoms with van der Waals surface area (Å²) in [5.74, 6) is 4.70. The van der Waals surface area contributed by atoms with Crippen molar-refractivity contribution >= 4 is 12.0 Å². The summed E-state index contributed by atoms with van der Waals surface area (Å²) < 4.78 is 28.9. The van der Waals surface area contributed by atoms with Crippen LogP contribution in [0.15, 0.2) is 54.2 Å². The van der Waals surface area contributed by atoms with Gasteiger partial charge in [-0.2, -0.15) is 5.10 Å². The fourth-order valence-corrected chi connectivity index (χ4v) is 5.92. The largest absolute Gasteiger partial charge is 0.377 e. The number of hydrogen-bond donors (Lipinski definition) is 2. The Bertz CT molecular complexity index is 1460. The quantitative estimate of drug-likeness (QED) is 0.563. The van der Waals surface area contributed by atoms with Gasteiger partial charge in [0.2, 0.25) is 5.91 Å². The van der Waals surface area contributed by atoms with E-state index < -0.39 is 22.7 Å². The Morgan fingerprint density at radius 3 is 2.60 bits per heavy atom. The molecule has 1 unspecified atom stereocenters. The van der Waals surface area contributed by atoms with Gasteiger partial charge in [0.1, 0.15) is 17.2 Å². The van der Waals surface area contributed by atoms with Crippen molar-refractivity contribution in [1.29, 1.82) is 0 Å². The molecule has 3 aliphatic rings. The van der Waals surface area contributed by atoms with Crippen molar-refractivity contribution in [2.75, 3.05) is 0 Å². The summed E-state index contributed by atoms with van der Waals surface area (Å²) in [5, 5.41) is 16.6. The van der Waals surface area contributed by atoms with Gasteiger partial charge in [0.15, 0.2) is 0 Å². The number of hydrogen-bond acceptors (Lipinski definition) is 3. The van der Waals surface area contributed by atoms with E-state index in [1.54, 1.807) is 16.8 Å². The predicted molar refractivity (Wildman–Crippen MR) is 126 cm³/mol. The Kier molecular flexibility index (Phi) is 4.74. The number of nitrogens with two attached hydrogens (primary N) is 1. The molecule has 35 heavy (non-hydrogen) atoms. The molecule has 5 nitrogen and oxygen atoms in total. The Balaban J connectivity index is 1.43. The van der Waals surface area contributed by atoms with E-state index in [1.807, 2.05) is 6.20 Å². The van der Waals surface area contributed by atoms with Crippen molar-refractivity contribution in [3.8, 4) is 17.5 Å². The molecule has 0 radical (unpaired) electrons. The second-order valence-corrected chi connectivity index (χ2v) is 9.70. The van der Waals surface area contributed by atoms with E-state index in [1.165, 1.54) is 24.3 Å². The highest BCUT2D eigenvalue weighted by Crippen LogP contribution is 2.65. The maximum absolute atomic E-state index is 13.7. The van der Waals surface area contributed by atoms with E-state index in [4.69, 9.17) is 5.73 Å². The van der Waals surface area contributed by atoms with Crippen LogP contribution in [0.25, 0.3) is 11.8 Å². The highest BCUT2D eigenvalue weighted by Gasteiger charge is 2.64. The van der Waals surface area contributed by atoms with E-state index in [-0.39, 0.29) is 11.4 Å². The van der Waals surface area contributed by atoms with Crippen molar-refractivity contribution < 1.29 is 18.7 Å². The molecule has 3 N–H and O–H groups in total. The van der Waals surface area contributed by atoms with Crippen LogP contribution in [0.1, 0.15) is 52.9 Å². The molecule has 0 aliphatic heterocycles. The number of fused-ring (bicyclic) bond motifs is 2. The average Bonchev–Trinajstić information content (AvgIpc) is 3.56. The summed E-state index contributed by atoms with van der Waals surface area (Å²) >= 11 is 0. The molecule has 3 aliphatic carbocycles. The summed E-state index contributed by atoms with van der Waals surface area (Å²) in [6, 6.07) is 9.93. The second-order valence-electron chi connectivity index (χ2n) is 9.70. The normalized spacial score (nSPS) is 24.7. The third-order valence-electron chi connectivity index (χ3n) is 7.73. The molecule has 6 rings (SSSR count). The molecule has 7 heteroatoms. The molecule has 2 saturated carbocycles. The number of halogens is 2.